The summed E-state index contributed by atoms with van der Waals surface area (Å²) < 4.78 is 5.23. The quantitative estimate of drug-likeness (QED) is 0.906. The van der Waals surface area contributed by atoms with Crippen LogP contribution < -0.4 is 5.32 Å². The summed E-state index contributed by atoms with van der Waals surface area (Å²) in [6.07, 6.45) is 0.607. The van der Waals surface area contributed by atoms with Crippen LogP contribution in [0.1, 0.15) is 49.5 Å². The Morgan fingerprint density at radius 1 is 1.30 bits per heavy atom. The normalized spacial score (nSPS) is 14.6. The molecule has 2 heterocycles. The number of amides is 2. The first-order chi connectivity index (χ1) is 9.40. The summed E-state index contributed by atoms with van der Waals surface area (Å²) in [5.41, 5.74) is 1.04. The van der Waals surface area contributed by atoms with Gasteiger partial charge < -0.3 is 14.7 Å². The molecule has 2 amide bonds. The van der Waals surface area contributed by atoms with Crippen LogP contribution in [0.25, 0.3) is 0 Å². The van der Waals surface area contributed by atoms with Crippen LogP contribution in [0.2, 0.25) is 0 Å². The van der Waals surface area contributed by atoms with Gasteiger partial charge in [-0.15, -0.1) is 0 Å². The van der Waals surface area contributed by atoms with Gasteiger partial charge in [0.1, 0.15) is 5.76 Å². The lowest BCUT2D eigenvalue weighted by Crippen LogP contribution is -2.39. The van der Waals surface area contributed by atoms with Gasteiger partial charge in [0.05, 0.1) is 6.54 Å². The van der Waals surface area contributed by atoms with Gasteiger partial charge in [-0.1, -0.05) is 19.0 Å². The van der Waals surface area contributed by atoms with Gasteiger partial charge >= 0.3 is 0 Å². The minimum absolute atomic E-state index is 0.0341. The Bertz CT molecular complexity index is 520. The molecule has 20 heavy (non-hydrogen) atoms. The molecule has 6 heteroatoms. The zero-order valence-corrected chi connectivity index (χ0v) is 12.4. The smallest absolute Gasteiger partial charge is 0.274 e. The maximum Gasteiger partial charge on any atom is 0.274 e. The highest BCUT2D eigenvalue weighted by atomic mass is 16.5. The lowest BCUT2D eigenvalue weighted by molar-refractivity contribution is -0.135. The highest BCUT2D eigenvalue weighted by molar-refractivity contribution is 5.94. The molecule has 0 fully saturated rings. The van der Waals surface area contributed by atoms with E-state index in [0.29, 0.717) is 31.0 Å². The van der Waals surface area contributed by atoms with E-state index in [4.69, 9.17) is 4.52 Å². The fraction of sp³-hybridized carbons (Fsp3) is 0.643. The Morgan fingerprint density at radius 2 is 2.00 bits per heavy atom. The van der Waals surface area contributed by atoms with Crippen LogP contribution in [0, 0.1) is 5.92 Å². The summed E-state index contributed by atoms with van der Waals surface area (Å²) in [6.45, 7) is 8.54. The van der Waals surface area contributed by atoms with Crippen molar-refractivity contribution in [3.05, 3.63) is 17.0 Å². The van der Waals surface area contributed by atoms with E-state index in [0.717, 1.165) is 5.56 Å². The van der Waals surface area contributed by atoms with Crippen LogP contribution in [0.3, 0.4) is 0 Å². The van der Waals surface area contributed by atoms with E-state index < -0.39 is 0 Å². The van der Waals surface area contributed by atoms with Gasteiger partial charge in [0.25, 0.3) is 5.91 Å². The molecule has 0 unspecified atom stereocenters. The van der Waals surface area contributed by atoms with Crippen molar-refractivity contribution >= 4 is 11.8 Å². The minimum Gasteiger partial charge on any atom is -0.360 e. The van der Waals surface area contributed by atoms with Gasteiger partial charge in [0, 0.05) is 30.5 Å². The summed E-state index contributed by atoms with van der Waals surface area (Å²) in [4.78, 5) is 25.9. The van der Waals surface area contributed by atoms with E-state index >= 15 is 0 Å². The lowest BCUT2D eigenvalue weighted by Gasteiger charge is -2.27. The summed E-state index contributed by atoms with van der Waals surface area (Å²) in [6, 6.07) is 0.0341. The zero-order valence-electron chi connectivity index (χ0n) is 12.4. The van der Waals surface area contributed by atoms with Crippen molar-refractivity contribution in [2.24, 2.45) is 5.92 Å². The van der Waals surface area contributed by atoms with Crippen LogP contribution in [0.5, 0.6) is 0 Å². The van der Waals surface area contributed by atoms with Crippen molar-refractivity contribution in [2.45, 2.75) is 46.7 Å². The topological polar surface area (TPSA) is 75.4 Å². The molecule has 1 aromatic rings. The molecule has 110 valence electrons. The number of hydrogen-bond acceptors (Lipinski definition) is 4. The third-order valence-electron chi connectivity index (χ3n) is 3.27. The fourth-order valence-corrected chi connectivity index (χ4v) is 2.27. The van der Waals surface area contributed by atoms with Crippen molar-refractivity contribution in [3.63, 3.8) is 0 Å². The molecule has 0 atom stereocenters. The largest absolute Gasteiger partial charge is 0.360 e. The van der Waals surface area contributed by atoms with Crippen molar-refractivity contribution in [3.8, 4) is 0 Å². The molecular formula is C14H21N3O3. The van der Waals surface area contributed by atoms with Gasteiger partial charge in [-0.2, -0.15) is 0 Å². The molecule has 0 aliphatic carbocycles. The molecule has 0 spiro atoms. The maximum absolute atomic E-state index is 12.1. The molecular weight excluding hydrogens is 258 g/mol. The Hall–Kier alpha value is -1.85. The molecule has 0 saturated carbocycles. The average molecular weight is 279 g/mol. The van der Waals surface area contributed by atoms with E-state index in [9.17, 15) is 9.59 Å². The molecule has 0 aromatic carbocycles. The molecule has 2 rings (SSSR count). The van der Waals surface area contributed by atoms with Gasteiger partial charge in [-0.05, 0) is 13.8 Å². The molecule has 1 aliphatic heterocycles. The second-order valence-corrected chi connectivity index (χ2v) is 5.73. The van der Waals surface area contributed by atoms with Crippen molar-refractivity contribution in [1.29, 1.82) is 0 Å². The number of rotatable bonds is 3. The van der Waals surface area contributed by atoms with E-state index in [1.165, 1.54) is 0 Å². The van der Waals surface area contributed by atoms with Crippen molar-refractivity contribution < 1.29 is 14.1 Å². The predicted molar refractivity (Wildman–Crippen MR) is 73.1 cm³/mol. The summed E-state index contributed by atoms with van der Waals surface area (Å²) in [5, 5.41) is 6.66. The van der Waals surface area contributed by atoms with Crippen molar-refractivity contribution in [2.75, 3.05) is 6.54 Å². The van der Waals surface area contributed by atoms with E-state index in [1.54, 1.807) is 4.90 Å². The Kier molecular flexibility index (Phi) is 4.11. The maximum atomic E-state index is 12.1. The van der Waals surface area contributed by atoms with Crippen LogP contribution in [-0.2, 0) is 17.8 Å². The van der Waals surface area contributed by atoms with Gasteiger partial charge in [0.15, 0.2) is 5.69 Å². The standard InChI is InChI=1S/C14H21N3O3/c1-8(2)14(19)17-6-5-11-10(7-17)12(16-20-11)13(18)15-9(3)4/h8-9H,5-7H2,1-4H3,(H,15,18). The molecule has 0 saturated heterocycles. The summed E-state index contributed by atoms with van der Waals surface area (Å²) in [5.74, 6) is 0.506. The highest BCUT2D eigenvalue weighted by Crippen LogP contribution is 2.23. The number of carbonyl (C=O) groups excluding carboxylic acids is 2. The van der Waals surface area contributed by atoms with Crippen LogP contribution in [0.4, 0.5) is 0 Å². The Labute approximate surface area is 118 Å². The van der Waals surface area contributed by atoms with Gasteiger partial charge in [-0.3, -0.25) is 9.59 Å². The third kappa shape index (κ3) is 2.84. The molecule has 0 radical (unpaired) electrons. The molecule has 0 bridgehead atoms. The number of fused-ring (bicyclic) bond motifs is 1. The minimum atomic E-state index is -0.246. The SMILES string of the molecule is CC(C)NC(=O)c1noc2c1CN(C(=O)C(C)C)CC2. The average Bonchev–Trinajstić information content (AvgIpc) is 2.79. The number of carbonyl (C=O) groups is 2. The second kappa shape index (κ2) is 5.64. The highest BCUT2D eigenvalue weighted by Gasteiger charge is 2.30. The Morgan fingerprint density at radius 3 is 2.60 bits per heavy atom. The zero-order chi connectivity index (χ0) is 14.9. The monoisotopic (exact) mass is 279 g/mol. The third-order valence-corrected chi connectivity index (χ3v) is 3.27. The summed E-state index contributed by atoms with van der Waals surface area (Å²) >= 11 is 0. The first kappa shape index (κ1) is 14.6. The van der Waals surface area contributed by atoms with Gasteiger partial charge in [0.2, 0.25) is 5.91 Å². The van der Waals surface area contributed by atoms with Crippen molar-refractivity contribution in [1.82, 2.24) is 15.4 Å². The molecule has 1 N–H and O–H groups in total. The fourth-order valence-electron chi connectivity index (χ4n) is 2.27. The Balaban J connectivity index is 2.20. The second-order valence-electron chi connectivity index (χ2n) is 5.73. The number of nitrogens with one attached hydrogen (secondary N) is 1. The van der Waals surface area contributed by atoms with Gasteiger partial charge in [-0.25, -0.2) is 0 Å². The molecule has 6 nitrogen and oxygen atoms in total. The first-order valence-corrected chi connectivity index (χ1v) is 6.97. The molecule has 1 aliphatic rings. The summed E-state index contributed by atoms with van der Waals surface area (Å²) in [7, 11) is 0. The van der Waals surface area contributed by atoms with Crippen LogP contribution in [0.15, 0.2) is 4.52 Å². The van der Waals surface area contributed by atoms with E-state index in [2.05, 4.69) is 10.5 Å². The van der Waals surface area contributed by atoms with Crippen LogP contribution in [-0.4, -0.2) is 34.5 Å². The first-order valence-electron chi connectivity index (χ1n) is 6.97. The van der Waals surface area contributed by atoms with Crippen LogP contribution >= 0.6 is 0 Å². The van der Waals surface area contributed by atoms with E-state index in [1.807, 2.05) is 27.7 Å². The number of nitrogens with zero attached hydrogens (tertiary/aromatic N) is 2. The molecule has 1 aromatic heterocycles. The predicted octanol–water partition coefficient (Wildman–Crippen LogP) is 1.35. The number of hydrogen-bond donors (Lipinski definition) is 1. The number of aromatic nitrogens is 1. The lowest BCUT2D eigenvalue weighted by atomic mass is 10.0. The van der Waals surface area contributed by atoms with E-state index in [-0.39, 0.29) is 23.8 Å².